The first kappa shape index (κ1) is 13.9. The second-order valence-electron chi connectivity index (χ2n) is 4.73. The zero-order valence-electron chi connectivity index (χ0n) is 10.7. The van der Waals surface area contributed by atoms with Crippen molar-refractivity contribution in [3.63, 3.8) is 0 Å². The van der Waals surface area contributed by atoms with Gasteiger partial charge in [-0.05, 0) is 22.9 Å². The van der Waals surface area contributed by atoms with Gasteiger partial charge in [0.1, 0.15) is 11.5 Å². The summed E-state index contributed by atoms with van der Waals surface area (Å²) in [6, 6.07) is 4.08. The van der Waals surface area contributed by atoms with Gasteiger partial charge in [-0.2, -0.15) is 11.8 Å². The highest BCUT2D eigenvalue weighted by atomic mass is 79.9. The lowest BCUT2D eigenvalue weighted by Crippen LogP contribution is -2.08. The van der Waals surface area contributed by atoms with Crippen LogP contribution in [0.4, 0.5) is 0 Å². The molecule has 1 aliphatic rings. The van der Waals surface area contributed by atoms with Crippen LogP contribution in [-0.2, 0) is 17.6 Å². The Morgan fingerprint density at radius 3 is 3.00 bits per heavy atom. The molecule has 1 heterocycles. The fourth-order valence-corrected chi connectivity index (χ4v) is 3.17. The molecule has 18 heavy (non-hydrogen) atoms. The van der Waals surface area contributed by atoms with Gasteiger partial charge in [0.15, 0.2) is 0 Å². The van der Waals surface area contributed by atoms with Gasteiger partial charge in [-0.15, -0.1) is 0 Å². The van der Waals surface area contributed by atoms with Crippen LogP contribution in [0.2, 0.25) is 0 Å². The first-order valence-corrected chi connectivity index (χ1v) is 7.98. The summed E-state index contributed by atoms with van der Waals surface area (Å²) in [5.74, 6) is 1.78. The number of carbonyl (C=O) groups is 1. The average Bonchev–Trinajstić information content (AvgIpc) is 2.74. The molecular weight excluding hydrogens is 312 g/mol. The number of hydrogen-bond donors (Lipinski definition) is 0. The number of carbonyl (C=O) groups excluding carboxylic acids is 1. The Bertz CT molecular complexity index is 457. The zero-order chi connectivity index (χ0) is 13.1. The van der Waals surface area contributed by atoms with Gasteiger partial charge in [0.2, 0.25) is 0 Å². The molecule has 4 heteroatoms. The van der Waals surface area contributed by atoms with Crippen LogP contribution in [-0.4, -0.2) is 23.4 Å². The van der Waals surface area contributed by atoms with Crippen molar-refractivity contribution in [1.29, 1.82) is 0 Å². The number of benzene rings is 1. The molecule has 0 bridgehead atoms. The van der Waals surface area contributed by atoms with E-state index in [-0.39, 0.29) is 5.78 Å². The Kier molecular flexibility index (Phi) is 4.73. The molecule has 0 saturated heterocycles. The monoisotopic (exact) mass is 328 g/mol. The second-order valence-corrected chi connectivity index (χ2v) is 7.21. The standard InChI is InChI=1S/C14H17BrO2S/c1-9(2)18-8-13(16)7-11-6-12(15)5-10-3-4-17-14(10)11/h5-6,9H,3-4,7-8H2,1-2H3. The maximum Gasteiger partial charge on any atom is 0.147 e. The highest BCUT2D eigenvalue weighted by molar-refractivity contribution is 9.10. The van der Waals surface area contributed by atoms with E-state index in [1.165, 1.54) is 5.56 Å². The number of halogens is 1. The van der Waals surface area contributed by atoms with Crippen molar-refractivity contribution in [3.05, 3.63) is 27.7 Å². The van der Waals surface area contributed by atoms with E-state index < -0.39 is 0 Å². The van der Waals surface area contributed by atoms with Crippen molar-refractivity contribution in [2.75, 3.05) is 12.4 Å². The number of thioether (sulfide) groups is 1. The van der Waals surface area contributed by atoms with Crippen LogP contribution >= 0.6 is 27.7 Å². The molecule has 1 aromatic rings. The zero-order valence-corrected chi connectivity index (χ0v) is 13.1. The predicted molar refractivity (Wildman–Crippen MR) is 79.6 cm³/mol. The Hall–Kier alpha value is -0.480. The van der Waals surface area contributed by atoms with Crippen LogP contribution in [0.5, 0.6) is 5.75 Å². The molecule has 2 nitrogen and oxygen atoms in total. The lowest BCUT2D eigenvalue weighted by atomic mass is 10.0. The predicted octanol–water partition coefficient (Wildman–Crippen LogP) is 3.64. The average molecular weight is 329 g/mol. The van der Waals surface area contributed by atoms with Crippen molar-refractivity contribution in [2.45, 2.75) is 31.9 Å². The van der Waals surface area contributed by atoms with E-state index in [0.717, 1.165) is 28.8 Å². The Labute approximate surface area is 121 Å². The number of Topliss-reactive ketones (excluding diaryl/α,β-unsaturated/α-hetero) is 1. The molecule has 0 saturated carbocycles. The summed E-state index contributed by atoms with van der Waals surface area (Å²) in [6.07, 6.45) is 1.41. The van der Waals surface area contributed by atoms with E-state index in [1.54, 1.807) is 11.8 Å². The van der Waals surface area contributed by atoms with Crippen molar-refractivity contribution >= 4 is 33.5 Å². The SMILES string of the molecule is CC(C)SCC(=O)Cc1cc(Br)cc2c1OCC2. The van der Waals surface area contributed by atoms with Gasteiger partial charge in [-0.3, -0.25) is 4.79 Å². The van der Waals surface area contributed by atoms with E-state index in [1.807, 2.05) is 6.07 Å². The molecular formula is C14H17BrO2S. The van der Waals surface area contributed by atoms with Crippen molar-refractivity contribution < 1.29 is 9.53 Å². The third-order valence-electron chi connectivity index (χ3n) is 2.79. The third kappa shape index (κ3) is 3.51. The number of rotatable bonds is 5. The highest BCUT2D eigenvalue weighted by Crippen LogP contribution is 2.33. The van der Waals surface area contributed by atoms with E-state index in [9.17, 15) is 4.79 Å². The molecule has 0 aromatic heterocycles. The molecule has 1 aromatic carbocycles. The summed E-state index contributed by atoms with van der Waals surface area (Å²) in [4.78, 5) is 11.9. The second kappa shape index (κ2) is 6.11. The maximum atomic E-state index is 11.9. The first-order chi connectivity index (χ1) is 8.56. The molecule has 98 valence electrons. The fraction of sp³-hybridized carbons (Fsp3) is 0.500. The minimum Gasteiger partial charge on any atom is -0.493 e. The van der Waals surface area contributed by atoms with E-state index >= 15 is 0 Å². The maximum absolute atomic E-state index is 11.9. The molecule has 2 rings (SSSR count). The van der Waals surface area contributed by atoms with Crippen LogP contribution in [0, 0.1) is 0 Å². The number of fused-ring (bicyclic) bond motifs is 1. The topological polar surface area (TPSA) is 26.3 Å². The summed E-state index contributed by atoms with van der Waals surface area (Å²) in [5.41, 5.74) is 2.23. The van der Waals surface area contributed by atoms with E-state index in [4.69, 9.17) is 4.74 Å². The van der Waals surface area contributed by atoms with Crippen LogP contribution in [0.1, 0.15) is 25.0 Å². The third-order valence-corrected chi connectivity index (χ3v) is 4.40. The minimum atomic E-state index is 0.268. The van der Waals surface area contributed by atoms with Crippen molar-refractivity contribution in [2.24, 2.45) is 0 Å². The van der Waals surface area contributed by atoms with Gasteiger partial charge in [0.05, 0.1) is 12.4 Å². The Balaban J connectivity index is 2.07. The van der Waals surface area contributed by atoms with Gasteiger partial charge in [-0.25, -0.2) is 0 Å². The summed E-state index contributed by atoms with van der Waals surface area (Å²) in [7, 11) is 0. The molecule has 0 fully saturated rings. The fourth-order valence-electron chi connectivity index (χ4n) is 2.00. The summed E-state index contributed by atoms with van der Waals surface area (Å²) in [6.45, 7) is 4.95. The lowest BCUT2D eigenvalue weighted by molar-refractivity contribution is -0.116. The smallest absolute Gasteiger partial charge is 0.147 e. The van der Waals surface area contributed by atoms with Gasteiger partial charge in [0, 0.05) is 22.9 Å². The number of hydrogen-bond acceptors (Lipinski definition) is 3. The normalized spacial score (nSPS) is 13.6. The summed E-state index contributed by atoms with van der Waals surface area (Å²) >= 11 is 5.19. The summed E-state index contributed by atoms with van der Waals surface area (Å²) in [5, 5.41) is 0.499. The van der Waals surface area contributed by atoms with Crippen LogP contribution < -0.4 is 4.74 Å². The molecule has 0 spiro atoms. The Morgan fingerprint density at radius 1 is 1.50 bits per heavy atom. The molecule has 0 atom stereocenters. The van der Waals surface area contributed by atoms with Gasteiger partial charge in [0.25, 0.3) is 0 Å². The van der Waals surface area contributed by atoms with E-state index in [0.29, 0.717) is 17.4 Å². The minimum absolute atomic E-state index is 0.268. The van der Waals surface area contributed by atoms with Crippen LogP contribution in [0.3, 0.4) is 0 Å². The van der Waals surface area contributed by atoms with Crippen LogP contribution in [0.25, 0.3) is 0 Å². The lowest BCUT2D eigenvalue weighted by Gasteiger charge is -2.09. The van der Waals surface area contributed by atoms with Gasteiger partial charge >= 0.3 is 0 Å². The summed E-state index contributed by atoms with van der Waals surface area (Å²) < 4.78 is 6.66. The molecule has 1 aliphatic heterocycles. The van der Waals surface area contributed by atoms with Crippen molar-refractivity contribution in [1.82, 2.24) is 0 Å². The molecule has 0 amide bonds. The number of ketones is 1. The largest absolute Gasteiger partial charge is 0.493 e. The molecule has 0 radical (unpaired) electrons. The van der Waals surface area contributed by atoms with Gasteiger partial charge < -0.3 is 4.74 Å². The van der Waals surface area contributed by atoms with Gasteiger partial charge in [-0.1, -0.05) is 29.8 Å². The number of ether oxygens (including phenoxy) is 1. The van der Waals surface area contributed by atoms with Crippen molar-refractivity contribution in [3.8, 4) is 5.75 Å². The highest BCUT2D eigenvalue weighted by Gasteiger charge is 2.19. The molecule has 0 unspecified atom stereocenters. The molecule has 0 N–H and O–H groups in total. The molecule has 0 aliphatic carbocycles. The quantitative estimate of drug-likeness (QED) is 0.825. The van der Waals surface area contributed by atoms with E-state index in [2.05, 4.69) is 35.8 Å². The first-order valence-electron chi connectivity index (χ1n) is 6.13. The van der Waals surface area contributed by atoms with Crippen LogP contribution in [0.15, 0.2) is 16.6 Å². The Morgan fingerprint density at radius 2 is 2.28 bits per heavy atom.